The van der Waals surface area contributed by atoms with E-state index in [-0.39, 0.29) is 12.5 Å². The van der Waals surface area contributed by atoms with Gasteiger partial charge in [0.2, 0.25) is 0 Å². The van der Waals surface area contributed by atoms with Gasteiger partial charge in [0.1, 0.15) is 6.61 Å². The lowest BCUT2D eigenvalue weighted by Gasteiger charge is -2.19. The molecule has 2 aromatic carbocycles. The summed E-state index contributed by atoms with van der Waals surface area (Å²) in [7, 11) is 1.61. The van der Waals surface area contributed by atoms with E-state index in [9.17, 15) is 4.79 Å². The van der Waals surface area contributed by atoms with Crippen LogP contribution in [0.4, 0.5) is 0 Å². The van der Waals surface area contributed by atoms with E-state index in [2.05, 4.69) is 28.8 Å². The molecule has 2 aliphatic heterocycles. The molecule has 0 bridgehead atoms. The number of hydrogen-bond donors (Lipinski definition) is 2. The second kappa shape index (κ2) is 6.61. The molecule has 0 aromatic heterocycles. The van der Waals surface area contributed by atoms with Crippen molar-refractivity contribution in [1.29, 1.82) is 0 Å². The number of carbonyl (C=O) groups is 1. The van der Waals surface area contributed by atoms with Gasteiger partial charge < -0.3 is 20.1 Å². The van der Waals surface area contributed by atoms with Crippen LogP contribution in [0.1, 0.15) is 22.3 Å². The summed E-state index contributed by atoms with van der Waals surface area (Å²) in [4.78, 5) is 12.5. The van der Waals surface area contributed by atoms with Crippen LogP contribution in [0.2, 0.25) is 0 Å². The molecule has 1 amide bonds. The van der Waals surface area contributed by atoms with Crippen LogP contribution < -0.4 is 20.1 Å². The van der Waals surface area contributed by atoms with E-state index in [1.807, 2.05) is 24.3 Å². The Bertz CT molecular complexity index is 858. The molecule has 25 heavy (non-hydrogen) atoms. The van der Waals surface area contributed by atoms with Crippen molar-refractivity contribution in [2.24, 2.45) is 0 Å². The molecule has 2 heterocycles. The lowest BCUT2D eigenvalue weighted by atomic mass is 10.1. The fraction of sp³-hybridized carbons (Fsp3) is 0.250. The first-order valence-electron chi connectivity index (χ1n) is 8.34. The highest BCUT2D eigenvalue weighted by Crippen LogP contribution is 2.35. The van der Waals surface area contributed by atoms with Gasteiger partial charge in [-0.2, -0.15) is 0 Å². The van der Waals surface area contributed by atoms with Gasteiger partial charge in [-0.1, -0.05) is 30.3 Å². The maximum atomic E-state index is 12.5. The van der Waals surface area contributed by atoms with Crippen molar-refractivity contribution >= 4 is 12.0 Å². The second-order valence-electron chi connectivity index (χ2n) is 6.23. The third-order valence-corrected chi connectivity index (χ3v) is 4.58. The molecule has 0 spiro atoms. The Morgan fingerprint density at radius 3 is 3.00 bits per heavy atom. The molecule has 0 fully saturated rings. The van der Waals surface area contributed by atoms with E-state index < -0.39 is 0 Å². The molecule has 2 N–H and O–H groups in total. The Hall–Kier alpha value is -2.79. The minimum absolute atomic E-state index is 0.105. The minimum atomic E-state index is -0.105. The monoisotopic (exact) mass is 336 g/mol. The van der Waals surface area contributed by atoms with Gasteiger partial charge in [0, 0.05) is 25.2 Å². The SMILES string of the molecule is COc1cccc2c1OCC(C(=O)NCc1ccc3c(c1)CNC3)=C2. The molecule has 0 saturated heterocycles. The fourth-order valence-corrected chi connectivity index (χ4v) is 3.23. The molecule has 5 nitrogen and oxygen atoms in total. The number of nitrogens with one attached hydrogen (secondary N) is 2. The van der Waals surface area contributed by atoms with Crippen LogP contribution in [0.5, 0.6) is 11.5 Å². The van der Waals surface area contributed by atoms with Gasteiger partial charge in [0.15, 0.2) is 11.5 Å². The molecule has 2 aliphatic rings. The normalized spacial score (nSPS) is 14.8. The summed E-state index contributed by atoms with van der Waals surface area (Å²) < 4.78 is 11.0. The van der Waals surface area contributed by atoms with Gasteiger partial charge in [-0.15, -0.1) is 0 Å². The van der Waals surface area contributed by atoms with E-state index in [0.29, 0.717) is 23.6 Å². The van der Waals surface area contributed by atoms with Gasteiger partial charge >= 0.3 is 0 Å². The third-order valence-electron chi connectivity index (χ3n) is 4.58. The predicted molar refractivity (Wildman–Crippen MR) is 95.3 cm³/mol. The summed E-state index contributed by atoms with van der Waals surface area (Å²) in [6.45, 7) is 2.57. The Kier molecular flexibility index (Phi) is 4.15. The molecular weight excluding hydrogens is 316 g/mol. The fourth-order valence-electron chi connectivity index (χ4n) is 3.23. The van der Waals surface area contributed by atoms with Crippen molar-refractivity contribution in [3.05, 3.63) is 64.2 Å². The summed E-state index contributed by atoms with van der Waals surface area (Å²) in [6.07, 6.45) is 1.86. The Morgan fingerprint density at radius 2 is 2.12 bits per heavy atom. The quantitative estimate of drug-likeness (QED) is 0.900. The molecule has 2 aromatic rings. The van der Waals surface area contributed by atoms with E-state index in [4.69, 9.17) is 9.47 Å². The van der Waals surface area contributed by atoms with Crippen molar-refractivity contribution in [3.63, 3.8) is 0 Å². The summed E-state index contributed by atoms with van der Waals surface area (Å²) in [5.74, 6) is 1.26. The first-order chi connectivity index (χ1) is 12.2. The first kappa shape index (κ1) is 15.7. The van der Waals surface area contributed by atoms with Gasteiger partial charge in [-0.25, -0.2) is 0 Å². The average Bonchev–Trinajstić information content (AvgIpc) is 3.12. The van der Waals surface area contributed by atoms with Crippen LogP contribution in [0.15, 0.2) is 42.0 Å². The van der Waals surface area contributed by atoms with Gasteiger partial charge in [-0.05, 0) is 28.8 Å². The second-order valence-corrected chi connectivity index (χ2v) is 6.23. The molecule has 0 unspecified atom stereocenters. The van der Waals surface area contributed by atoms with Crippen molar-refractivity contribution in [2.75, 3.05) is 13.7 Å². The number of methoxy groups -OCH3 is 1. The number of hydrogen-bond acceptors (Lipinski definition) is 4. The largest absolute Gasteiger partial charge is 0.493 e. The maximum Gasteiger partial charge on any atom is 0.250 e. The summed E-state index contributed by atoms with van der Waals surface area (Å²) >= 11 is 0. The Balaban J connectivity index is 1.45. The zero-order valence-electron chi connectivity index (χ0n) is 14.1. The molecular formula is C20H20N2O3. The molecule has 0 saturated carbocycles. The van der Waals surface area contributed by atoms with Gasteiger partial charge in [-0.3, -0.25) is 4.79 Å². The predicted octanol–water partition coefficient (Wildman–Crippen LogP) is 2.39. The standard InChI is InChI=1S/C20H20N2O3/c1-24-18-4-2-3-14-8-17(12-25-19(14)18)20(23)22-9-13-5-6-15-10-21-11-16(15)7-13/h2-8,21H,9-12H2,1H3,(H,22,23). The zero-order valence-corrected chi connectivity index (χ0v) is 14.1. The number of para-hydroxylation sites is 1. The highest BCUT2D eigenvalue weighted by atomic mass is 16.5. The first-order valence-corrected chi connectivity index (χ1v) is 8.34. The third kappa shape index (κ3) is 3.10. The topological polar surface area (TPSA) is 59.6 Å². The number of carbonyl (C=O) groups excluding carboxylic acids is 1. The number of fused-ring (bicyclic) bond motifs is 2. The maximum absolute atomic E-state index is 12.5. The Morgan fingerprint density at radius 1 is 1.24 bits per heavy atom. The summed E-state index contributed by atoms with van der Waals surface area (Å²) in [5.41, 5.74) is 5.23. The van der Waals surface area contributed by atoms with Crippen LogP contribution >= 0.6 is 0 Å². The zero-order chi connectivity index (χ0) is 17.2. The molecule has 128 valence electrons. The molecule has 0 radical (unpaired) electrons. The van der Waals surface area contributed by atoms with Crippen LogP contribution in [0.25, 0.3) is 6.08 Å². The highest BCUT2D eigenvalue weighted by Gasteiger charge is 2.20. The van der Waals surface area contributed by atoms with Crippen LogP contribution in [-0.2, 0) is 24.4 Å². The van der Waals surface area contributed by atoms with Crippen molar-refractivity contribution < 1.29 is 14.3 Å². The van der Waals surface area contributed by atoms with E-state index >= 15 is 0 Å². The summed E-state index contributed by atoms with van der Waals surface area (Å²) in [5, 5.41) is 6.31. The Labute approximate surface area is 146 Å². The van der Waals surface area contributed by atoms with E-state index in [1.165, 1.54) is 11.1 Å². The smallest absolute Gasteiger partial charge is 0.250 e. The molecule has 0 atom stereocenters. The summed E-state index contributed by atoms with van der Waals surface area (Å²) in [6, 6.07) is 12.0. The minimum Gasteiger partial charge on any atom is -0.493 e. The van der Waals surface area contributed by atoms with Crippen molar-refractivity contribution in [1.82, 2.24) is 10.6 Å². The van der Waals surface area contributed by atoms with Gasteiger partial charge in [0.25, 0.3) is 5.91 Å². The van der Waals surface area contributed by atoms with Crippen LogP contribution in [-0.4, -0.2) is 19.6 Å². The average molecular weight is 336 g/mol. The van der Waals surface area contributed by atoms with Gasteiger partial charge in [0.05, 0.1) is 12.7 Å². The lowest BCUT2D eigenvalue weighted by molar-refractivity contribution is -0.117. The number of ether oxygens (including phenoxy) is 2. The van der Waals surface area contributed by atoms with E-state index in [0.717, 1.165) is 24.2 Å². The number of benzene rings is 2. The molecule has 5 heteroatoms. The van der Waals surface area contributed by atoms with Crippen molar-refractivity contribution in [2.45, 2.75) is 19.6 Å². The number of amides is 1. The molecule has 0 aliphatic carbocycles. The van der Waals surface area contributed by atoms with Crippen LogP contribution in [0.3, 0.4) is 0 Å². The lowest BCUT2D eigenvalue weighted by Crippen LogP contribution is -2.28. The van der Waals surface area contributed by atoms with Crippen LogP contribution in [0, 0.1) is 0 Å². The van der Waals surface area contributed by atoms with Crippen molar-refractivity contribution in [3.8, 4) is 11.5 Å². The number of rotatable bonds is 4. The van der Waals surface area contributed by atoms with E-state index in [1.54, 1.807) is 7.11 Å². The highest BCUT2D eigenvalue weighted by molar-refractivity contribution is 5.99. The molecule has 4 rings (SSSR count).